The first kappa shape index (κ1) is 68.5. The molecule has 10 atom stereocenters. The third kappa shape index (κ3) is 23.4. The standard InChI is InChI=1S/C53H86N16O13/c1-6-30(2)43(52(82)69(28-42(74)75)36-16-11-8-12-17-36)65-40(72)27-68(23-21-54)41(73)26-60-50(80)44(32(4)70)67-51(81)45(33(5)71)66-49(79)39(24-35-25-58-29-61-35)64-48(78)38(20-19-34-14-9-7-10-15-34)63-46(76)31(3)62-47(77)37(55)18-13-22-59-53(56)57/h7,9-10,14-15,25,29-33,36-39,43-45,70-71H,6,8,11-13,16-24,26-28,54-55H2,1-5H3,(H,58,61)(H,60,80)(H,62,77)(H,63,76)(H,64,78)(H,65,72)(H,66,79)(H,67,81)(H,74,75)(H4,56,57,59)/t30?,31-,32+,33+,37-,38-,39-,43-,44-,45-/m0/s1. The Morgan fingerprint density at radius 2 is 1.38 bits per heavy atom. The maximum absolute atomic E-state index is 14.2. The van der Waals surface area contributed by atoms with Crippen LogP contribution in [-0.4, -0.2) is 200 Å². The first-order valence-electron chi connectivity index (χ1n) is 27.6. The summed E-state index contributed by atoms with van der Waals surface area (Å²) in [7, 11) is 0. The van der Waals surface area contributed by atoms with Crippen molar-refractivity contribution in [3.63, 3.8) is 0 Å². The summed E-state index contributed by atoms with van der Waals surface area (Å²) in [6, 6.07) is -1.07. The number of guanidine groups is 1. The van der Waals surface area contributed by atoms with Crippen LogP contribution in [0.2, 0.25) is 0 Å². The predicted octanol–water partition coefficient (Wildman–Crippen LogP) is -4.15. The molecule has 1 aromatic carbocycles. The van der Waals surface area contributed by atoms with Crippen molar-refractivity contribution in [1.82, 2.24) is 57.0 Å². The molecule has 1 aliphatic carbocycles. The van der Waals surface area contributed by atoms with E-state index in [-0.39, 0.29) is 57.3 Å². The van der Waals surface area contributed by atoms with E-state index in [4.69, 9.17) is 22.9 Å². The van der Waals surface area contributed by atoms with Gasteiger partial charge in [-0.25, -0.2) is 4.98 Å². The highest BCUT2D eigenvalue weighted by Gasteiger charge is 2.38. The van der Waals surface area contributed by atoms with Crippen LogP contribution in [0.3, 0.4) is 0 Å². The molecule has 29 heteroatoms. The number of benzene rings is 1. The number of aromatic nitrogens is 2. The maximum atomic E-state index is 14.2. The van der Waals surface area contributed by atoms with Crippen molar-refractivity contribution >= 4 is 65.1 Å². The largest absolute Gasteiger partial charge is 0.480 e. The van der Waals surface area contributed by atoms with E-state index in [0.717, 1.165) is 43.6 Å². The van der Waals surface area contributed by atoms with Crippen molar-refractivity contribution < 1.29 is 63.3 Å². The minimum atomic E-state index is -1.83. The molecule has 1 saturated carbocycles. The first-order chi connectivity index (χ1) is 38.9. The predicted molar refractivity (Wildman–Crippen MR) is 300 cm³/mol. The number of hydrogen-bond acceptors (Lipinski definition) is 16. The molecule has 0 radical (unpaired) electrons. The Labute approximate surface area is 477 Å². The lowest BCUT2D eigenvalue weighted by atomic mass is 9.91. The number of aliphatic hydroxyl groups excluding tert-OH is 2. The Hall–Kier alpha value is -7.76. The summed E-state index contributed by atoms with van der Waals surface area (Å²) in [5, 5.41) is 48.8. The van der Waals surface area contributed by atoms with E-state index in [1.165, 1.54) is 24.3 Å². The number of carbonyl (C=O) groups is 10. The number of H-pyrrole nitrogens is 1. The van der Waals surface area contributed by atoms with Crippen molar-refractivity contribution in [3.05, 3.63) is 54.1 Å². The van der Waals surface area contributed by atoms with E-state index >= 15 is 0 Å². The minimum Gasteiger partial charge on any atom is -0.480 e. The molecular formula is C53H86N16O13. The number of hydrogen-bond donors (Lipinski definition) is 15. The summed E-state index contributed by atoms with van der Waals surface area (Å²) < 4.78 is 0. The molecule has 1 aromatic heterocycles. The van der Waals surface area contributed by atoms with Gasteiger partial charge in [0.05, 0.1) is 37.7 Å². The zero-order valence-corrected chi connectivity index (χ0v) is 47.4. The average Bonchev–Trinajstić information content (AvgIpc) is 4.03. The second kappa shape index (κ2) is 35.2. The molecule has 9 amide bonds. The molecule has 3 rings (SSSR count). The van der Waals surface area contributed by atoms with Crippen LogP contribution in [0.1, 0.15) is 104 Å². The third-order valence-corrected chi connectivity index (χ3v) is 13.9. The van der Waals surface area contributed by atoms with Gasteiger partial charge in [0.25, 0.3) is 0 Å². The molecule has 0 saturated heterocycles. The number of carbonyl (C=O) groups excluding carboxylic acids is 9. The van der Waals surface area contributed by atoms with Gasteiger partial charge in [-0.2, -0.15) is 0 Å². The summed E-state index contributed by atoms with van der Waals surface area (Å²) >= 11 is 0. The molecule has 1 fully saturated rings. The highest BCUT2D eigenvalue weighted by atomic mass is 16.4. The second-order valence-electron chi connectivity index (χ2n) is 20.6. The van der Waals surface area contributed by atoms with E-state index < -0.39 is 139 Å². The molecule has 2 aromatic rings. The van der Waals surface area contributed by atoms with Gasteiger partial charge in [-0.05, 0) is 70.8 Å². The molecule has 0 spiro atoms. The minimum absolute atomic E-state index is 0.0102. The number of nitrogens with two attached hydrogens (primary N) is 4. The van der Waals surface area contributed by atoms with Crippen molar-refractivity contribution in [2.75, 3.05) is 39.3 Å². The van der Waals surface area contributed by atoms with Gasteiger partial charge in [0.1, 0.15) is 42.8 Å². The fourth-order valence-electron chi connectivity index (χ4n) is 8.97. The molecule has 1 aliphatic rings. The number of aliphatic hydroxyl groups is 2. The number of aryl methyl sites for hydroxylation is 1. The number of nitrogens with zero attached hydrogens (tertiary/aromatic N) is 4. The zero-order valence-electron chi connectivity index (χ0n) is 47.4. The van der Waals surface area contributed by atoms with Crippen molar-refractivity contribution in [3.8, 4) is 0 Å². The number of carboxylic acids is 1. The molecule has 1 unspecified atom stereocenters. The summed E-state index contributed by atoms with van der Waals surface area (Å²) in [5.74, 6) is -9.39. The van der Waals surface area contributed by atoms with Gasteiger partial charge < -0.3 is 90.3 Å². The summed E-state index contributed by atoms with van der Waals surface area (Å²) in [5.41, 5.74) is 23.7. The van der Waals surface area contributed by atoms with Crippen molar-refractivity contribution in [2.45, 2.75) is 166 Å². The molecule has 0 aliphatic heterocycles. The Kier molecular flexibility index (Phi) is 29.4. The number of imidazole rings is 1. The summed E-state index contributed by atoms with van der Waals surface area (Å²) in [4.78, 5) is 148. The van der Waals surface area contributed by atoms with Gasteiger partial charge in [0.2, 0.25) is 53.2 Å². The number of carboxylic acid groups (broad SMARTS) is 1. The lowest BCUT2D eigenvalue weighted by Crippen LogP contribution is -2.62. The lowest BCUT2D eigenvalue weighted by Gasteiger charge is -2.37. The Balaban J connectivity index is 1.75. The van der Waals surface area contributed by atoms with Crippen molar-refractivity contribution in [2.24, 2.45) is 33.8 Å². The zero-order chi connectivity index (χ0) is 61.1. The highest BCUT2D eigenvalue weighted by molar-refractivity contribution is 5.98. The number of aromatic amines is 1. The van der Waals surface area contributed by atoms with E-state index in [1.54, 1.807) is 25.1 Å². The van der Waals surface area contributed by atoms with E-state index in [9.17, 15) is 63.3 Å². The first-order valence-corrected chi connectivity index (χ1v) is 27.6. The van der Waals surface area contributed by atoms with Crippen LogP contribution in [0.25, 0.3) is 0 Å². The van der Waals surface area contributed by atoms with Crippen LogP contribution >= 0.6 is 0 Å². The number of rotatable bonds is 35. The number of aliphatic imine (C=N–C) groups is 1. The fourth-order valence-corrected chi connectivity index (χ4v) is 8.97. The van der Waals surface area contributed by atoms with Crippen LogP contribution in [-0.2, 0) is 60.8 Å². The molecule has 82 heavy (non-hydrogen) atoms. The SMILES string of the molecule is CCC(C)[C@H](NC(=O)CN(CCN)C(=O)CNC(=O)[C@@H](NC(=O)[C@@H](NC(=O)[C@H](Cc1cnc[nH]1)NC(=O)[C@H](CCc1ccccc1)NC(=O)[C@H](C)NC(=O)[C@@H](N)CCCN=C(N)N)[C@@H](C)O)[C@@H](C)O)C(=O)N(CC(=O)O)C1CCCCC1. The number of aliphatic carboxylic acids is 1. The molecule has 0 bridgehead atoms. The Bertz CT molecular complexity index is 2440. The number of amides is 9. The van der Waals surface area contributed by atoms with Gasteiger partial charge in [-0.3, -0.25) is 52.9 Å². The quantitative estimate of drug-likeness (QED) is 0.0177. The van der Waals surface area contributed by atoms with Gasteiger partial charge in [-0.1, -0.05) is 69.9 Å². The second-order valence-corrected chi connectivity index (χ2v) is 20.6. The Morgan fingerprint density at radius 3 is 1.96 bits per heavy atom. The maximum Gasteiger partial charge on any atom is 0.323 e. The van der Waals surface area contributed by atoms with Gasteiger partial charge in [0, 0.05) is 44.0 Å². The van der Waals surface area contributed by atoms with Crippen LogP contribution in [0.4, 0.5) is 0 Å². The summed E-state index contributed by atoms with van der Waals surface area (Å²) in [6.07, 6.45) is 4.29. The summed E-state index contributed by atoms with van der Waals surface area (Å²) in [6.45, 7) is 5.26. The van der Waals surface area contributed by atoms with E-state index in [1.807, 2.05) is 19.1 Å². The van der Waals surface area contributed by atoms with Crippen LogP contribution < -0.4 is 60.2 Å². The van der Waals surface area contributed by atoms with E-state index in [0.29, 0.717) is 31.4 Å². The third-order valence-electron chi connectivity index (χ3n) is 13.9. The van der Waals surface area contributed by atoms with Gasteiger partial charge in [-0.15, -0.1) is 0 Å². The molecule has 456 valence electrons. The van der Waals surface area contributed by atoms with Gasteiger partial charge >= 0.3 is 5.97 Å². The topological polar surface area (TPSA) is 467 Å². The highest BCUT2D eigenvalue weighted by Crippen LogP contribution is 2.25. The van der Waals surface area contributed by atoms with Crippen LogP contribution in [0, 0.1) is 5.92 Å². The lowest BCUT2D eigenvalue weighted by molar-refractivity contribution is -0.149. The molecular weight excluding hydrogens is 1070 g/mol. The fraction of sp³-hybridized carbons (Fsp3) is 0.623. The smallest absolute Gasteiger partial charge is 0.323 e. The van der Waals surface area contributed by atoms with Crippen molar-refractivity contribution in [1.29, 1.82) is 0 Å². The monoisotopic (exact) mass is 1150 g/mol. The Morgan fingerprint density at radius 1 is 0.756 bits per heavy atom. The normalized spacial score (nSPS) is 16.1. The van der Waals surface area contributed by atoms with Gasteiger partial charge in [0.15, 0.2) is 5.96 Å². The van der Waals surface area contributed by atoms with E-state index in [2.05, 4.69) is 52.2 Å². The van der Waals surface area contributed by atoms with Crippen LogP contribution in [0.5, 0.6) is 0 Å². The number of nitrogens with one attached hydrogen (secondary N) is 8. The average molecular weight is 1160 g/mol. The molecule has 19 N–H and O–H groups in total. The van der Waals surface area contributed by atoms with Crippen LogP contribution in [0.15, 0.2) is 47.8 Å². The molecule has 29 nitrogen and oxygen atoms in total. The molecule has 1 heterocycles.